The SMILES string of the molecule is CCC1CCC(C(CC(C)C)C(C)CC)CC1. The highest BCUT2D eigenvalue weighted by Crippen LogP contribution is 2.40. The third-order valence-electron chi connectivity index (χ3n) is 5.19. The fourth-order valence-electron chi connectivity index (χ4n) is 3.76. The molecular formula is C17H34. The summed E-state index contributed by atoms with van der Waals surface area (Å²) in [6.07, 6.45) is 10.3. The van der Waals surface area contributed by atoms with Gasteiger partial charge in [-0.15, -0.1) is 0 Å². The average molecular weight is 238 g/mol. The lowest BCUT2D eigenvalue weighted by atomic mass is 9.68. The fourth-order valence-corrected chi connectivity index (χ4v) is 3.76. The molecule has 0 nitrogen and oxygen atoms in total. The molecule has 0 saturated heterocycles. The monoisotopic (exact) mass is 238 g/mol. The van der Waals surface area contributed by atoms with Crippen LogP contribution in [0.5, 0.6) is 0 Å². The van der Waals surface area contributed by atoms with E-state index in [1.54, 1.807) is 0 Å². The van der Waals surface area contributed by atoms with Crippen LogP contribution >= 0.6 is 0 Å². The highest BCUT2D eigenvalue weighted by Gasteiger charge is 2.30. The second-order valence-corrected chi connectivity index (χ2v) is 6.87. The molecular weight excluding hydrogens is 204 g/mol. The summed E-state index contributed by atoms with van der Waals surface area (Å²) in [5.41, 5.74) is 0. The van der Waals surface area contributed by atoms with Crippen LogP contribution in [0, 0.1) is 29.6 Å². The molecule has 0 aliphatic heterocycles. The zero-order valence-electron chi connectivity index (χ0n) is 12.8. The Morgan fingerprint density at radius 2 is 1.53 bits per heavy atom. The van der Waals surface area contributed by atoms with Gasteiger partial charge in [-0.25, -0.2) is 0 Å². The normalized spacial score (nSPS) is 29.3. The minimum Gasteiger partial charge on any atom is -0.0651 e. The van der Waals surface area contributed by atoms with Crippen LogP contribution in [-0.4, -0.2) is 0 Å². The summed E-state index contributed by atoms with van der Waals surface area (Å²) in [5, 5.41) is 0. The molecule has 0 bridgehead atoms. The fraction of sp³-hybridized carbons (Fsp3) is 1.00. The summed E-state index contributed by atoms with van der Waals surface area (Å²) < 4.78 is 0. The van der Waals surface area contributed by atoms with Crippen LogP contribution in [0.2, 0.25) is 0 Å². The van der Waals surface area contributed by atoms with Gasteiger partial charge in [0.05, 0.1) is 0 Å². The van der Waals surface area contributed by atoms with Crippen LogP contribution in [-0.2, 0) is 0 Å². The Morgan fingerprint density at radius 3 is 1.94 bits per heavy atom. The van der Waals surface area contributed by atoms with Gasteiger partial charge in [-0.05, 0) is 48.9 Å². The number of rotatable bonds is 6. The maximum absolute atomic E-state index is 2.49. The van der Waals surface area contributed by atoms with Gasteiger partial charge in [-0.1, -0.05) is 60.3 Å². The maximum atomic E-state index is 2.49. The molecule has 1 fully saturated rings. The Kier molecular flexibility index (Phi) is 6.59. The van der Waals surface area contributed by atoms with Crippen LogP contribution in [0.4, 0.5) is 0 Å². The largest absolute Gasteiger partial charge is 0.0651 e. The van der Waals surface area contributed by atoms with E-state index in [0.29, 0.717) is 0 Å². The minimum atomic E-state index is 0.873. The van der Waals surface area contributed by atoms with Gasteiger partial charge in [-0.3, -0.25) is 0 Å². The van der Waals surface area contributed by atoms with Crippen molar-refractivity contribution in [2.45, 2.75) is 79.6 Å². The molecule has 0 radical (unpaired) electrons. The first kappa shape index (κ1) is 15.1. The lowest BCUT2D eigenvalue weighted by molar-refractivity contribution is 0.134. The Balaban J connectivity index is 2.52. The Hall–Kier alpha value is 0. The van der Waals surface area contributed by atoms with E-state index in [1.807, 2.05) is 0 Å². The topological polar surface area (TPSA) is 0 Å². The van der Waals surface area contributed by atoms with Crippen molar-refractivity contribution in [1.82, 2.24) is 0 Å². The van der Waals surface area contributed by atoms with E-state index >= 15 is 0 Å². The lowest BCUT2D eigenvalue weighted by Gasteiger charge is -2.37. The van der Waals surface area contributed by atoms with E-state index in [1.165, 1.54) is 44.9 Å². The van der Waals surface area contributed by atoms with Crippen molar-refractivity contribution in [2.24, 2.45) is 29.6 Å². The molecule has 0 aromatic rings. The number of hydrogen-bond donors (Lipinski definition) is 0. The lowest BCUT2D eigenvalue weighted by Crippen LogP contribution is -2.27. The van der Waals surface area contributed by atoms with Crippen molar-refractivity contribution in [3.05, 3.63) is 0 Å². The molecule has 0 heterocycles. The van der Waals surface area contributed by atoms with Crippen LogP contribution in [0.25, 0.3) is 0 Å². The minimum absolute atomic E-state index is 0.873. The molecule has 0 aromatic heterocycles. The van der Waals surface area contributed by atoms with Gasteiger partial charge in [0.1, 0.15) is 0 Å². The third kappa shape index (κ3) is 4.64. The predicted molar refractivity (Wildman–Crippen MR) is 78.1 cm³/mol. The first-order valence-corrected chi connectivity index (χ1v) is 8.08. The third-order valence-corrected chi connectivity index (χ3v) is 5.19. The quantitative estimate of drug-likeness (QED) is 0.539. The highest BCUT2D eigenvalue weighted by molar-refractivity contribution is 4.80. The molecule has 0 aromatic carbocycles. The van der Waals surface area contributed by atoms with Gasteiger partial charge in [0, 0.05) is 0 Å². The molecule has 2 atom stereocenters. The molecule has 17 heavy (non-hydrogen) atoms. The second-order valence-electron chi connectivity index (χ2n) is 6.87. The molecule has 1 rings (SSSR count). The van der Waals surface area contributed by atoms with Crippen molar-refractivity contribution in [3.8, 4) is 0 Å². The first-order chi connectivity index (χ1) is 8.08. The molecule has 0 spiro atoms. The van der Waals surface area contributed by atoms with Crippen molar-refractivity contribution in [2.75, 3.05) is 0 Å². The summed E-state index contributed by atoms with van der Waals surface area (Å²) in [4.78, 5) is 0. The summed E-state index contributed by atoms with van der Waals surface area (Å²) in [7, 11) is 0. The van der Waals surface area contributed by atoms with Crippen LogP contribution in [0.1, 0.15) is 79.6 Å². The van der Waals surface area contributed by atoms with Gasteiger partial charge >= 0.3 is 0 Å². The summed E-state index contributed by atoms with van der Waals surface area (Å²) in [5.74, 6) is 4.88. The zero-order chi connectivity index (χ0) is 12.8. The van der Waals surface area contributed by atoms with Crippen molar-refractivity contribution in [3.63, 3.8) is 0 Å². The van der Waals surface area contributed by atoms with E-state index in [0.717, 1.165) is 29.6 Å². The predicted octanol–water partition coefficient (Wildman–Crippen LogP) is 5.91. The maximum Gasteiger partial charge on any atom is -0.0358 e. The van der Waals surface area contributed by atoms with E-state index in [-0.39, 0.29) is 0 Å². The summed E-state index contributed by atoms with van der Waals surface area (Å²) >= 11 is 0. The van der Waals surface area contributed by atoms with E-state index in [4.69, 9.17) is 0 Å². The summed E-state index contributed by atoms with van der Waals surface area (Å²) in [6, 6.07) is 0. The molecule has 1 aliphatic carbocycles. The summed E-state index contributed by atoms with van der Waals surface area (Å²) in [6.45, 7) is 12.0. The second kappa shape index (κ2) is 7.44. The Bertz CT molecular complexity index is 186. The van der Waals surface area contributed by atoms with Gasteiger partial charge in [-0.2, -0.15) is 0 Å². The average Bonchev–Trinajstić information content (AvgIpc) is 2.35. The Labute approximate surface area is 110 Å². The van der Waals surface area contributed by atoms with Crippen molar-refractivity contribution < 1.29 is 0 Å². The Morgan fingerprint density at radius 1 is 0.941 bits per heavy atom. The molecule has 0 amide bonds. The molecule has 2 unspecified atom stereocenters. The van der Waals surface area contributed by atoms with Crippen LogP contribution in [0.15, 0.2) is 0 Å². The molecule has 102 valence electrons. The molecule has 1 saturated carbocycles. The van der Waals surface area contributed by atoms with Crippen LogP contribution < -0.4 is 0 Å². The highest BCUT2D eigenvalue weighted by atomic mass is 14.4. The van der Waals surface area contributed by atoms with Crippen molar-refractivity contribution in [1.29, 1.82) is 0 Å². The number of hydrogen-bond acceptors (Lipinski definition) is 0. The molecule has 0 N–H and O–H groups in total. The van der Waals surface area contributed by atoms with Gasteiger partial charge in [0.2, 0.25) is 0 Å². The van der Waals surface area contributed by atoms with Gasteiger partial charge in [0.15, 0.2) is 0 Å². The zero-order valence-corrected chi connectivity index (χ0v) is 12.8. The van der Waals surface area contributed by atoms with Crippen LogP contribution in [0.3, 0.4) is 0 Å². The van der Waals surface area contributed by atoms with Crippen molar-refractivity contribution >= 4 is 0 Å². The van der Waals surface area contributed by atoms with Gasteiger partial charge in [0.25, 0.3) is 0 Å². The standard InChI is InChI=1S/C17H34/c1-6-14(5)17(12-13(3)4)16-10-8-15(7-2)9-11-16/h13-17H,6-12H2,1-5H3. The molecule has 0 heteroatoms. The van der Waals surface area contributed by atoms with E-state index in [2.05, 4.69) is 34.6 Å². The van der Waals surface area contributed by atoms with Gasteiger partial charge < -0.3 is 0 Å². The smallest absolute Gasteiger partial charge is 0.0358 e. The van der Waals surface area contributed by atoms with E-state index in [9.17, 15) is 0 Å². The first-order valence-electron chi connectivity index (χ1n) is 8.08. The molecule has 1 aliphatic rings. The van der Waals surface area contributed by atoms with E-state index < -0.39 is 0 Å².